The van der Waals surface area contributed by atoms with E-state index in [4.69, 9.17) is 0 Å². The Morgan fingerprint density at radius 1 is 0.962 bits per heavy atom. The van der Waals surface area contributed by atoms with Crippen LogP contribution in [0.5, 0.6) is 0 Å². The second-order valence-electron chi connectivity index (χ2n) is 6.18. The van der Waals surface area contributed by atoms with Gasteiger partial charge in [-0.3, -0.25) is 0 Å². The SMILES string of the molecule is C=CCn1c(CSc2ccc(C)cc2)nnc1SCc1cccc(C)c1. The minimum atomic E-state index is 0.729. The average Bonchev–Trinajstić information content (AvgIpc) is 3.02. The molecule has 0 aliphatic carbocycles. The summed E-state index contributed by atoms with van der Waals surface area (Å²) in [6.07, 6.45) is 1.90. The normalized spacial score (nSPS) is 10.8. The minimum Gasteiger partial charge on any atom is -0.301 e. The van der Waals surface area contributed by atoms with E-state index < -0.39 is 0 Å². The van der Waals surface area contributed by atoms with Crippen molar-refractivity contribution in [2.75, 3.05) is 0 Å². The lowest BCUT2D eigenvalue weighted by Gasteiger charge is -2.08. The molecule has 0 unspecified atom stereocenters. The van der Waals surface area contributed by atoms with Gasteiger partial charge in [-0.15, -0.1) is 28.5 Å². The first-order valence-electron chi connectivity index (χ1n) is 8.56. The third kappa shape index (κ3) is 5.02. The van der Waals surface area contributed by atoms with Crippen molar-refractivity contribution in [3.8, 4) is 0 Å². The molecule has 5 heteroatoms. The van der Waals surface area contributed by atoms with Crippen LogP contribution in [0.15, 0.2) is 71.2 Å². The average molecular weight is 382 g/mol. The number of allylic oxidation sites excluding steroid dienone is 1. The molecule has 0 aliphatic rings. The summed E-state index contributed by atoms with van der Waals surface area (Å²) < 4.78 is 2.16. The van der Waals surface area contributed by atoms with E-state index in [1.54, 1.807) is 23.5 Å². The molecule has 0 saturated carbocycles. The standard InChI is InChI=1S/C21H23N3S2/c1-4-12-24-20(15-25-19-10-8-16(2)9-11-19)22-23-21(24)26-14-18-7-5-6-17(3)13-18/h4-11,13H,1,12,14-15H2,2-3H3. The fraction of sp³-hybridized carbons (Fsp3) is 0.238. The Bertz CT molecular complexity index is 869. The zero-order valence-corrected chi connectivity index (χ0v) is 16.8. The maximum Gasteiger partial charge on any atom is 0.191 e. The molecule has 1 heterocycles. The summed E-state index contributed by atoms with van der Waals surface area (Å²) in [5.41, 5.74) is 3.86. The fourth-order valence-electron chi connectivity index (χ4n) is 2.58. The van der Waals surface area contributed by atoms with Crippen LogP contribution in [0, 0.1) is 13.8 Å². The first kappa shape index (κ1) is 18.8. The van der Waals surface area contributed by atoms with Crippen LogP contribution in [0.3, 0.4) is 0 Å². The minimum absolute atomic E-state index is 0.729. The summed E-state index contributed by atoms with van der Waals surface area (Å²) in [4.78, 5) is 1.25. The lowest BCUT2D eigenvalue weighted by Crippen LogP contribution is -2.03. The van der Waals surface area contributed by atoms with E-state index in [1.165, 1.54) is 21.6 Å². The molecule has 0 N–H and O–H groups in total. The van der Waals surface area contributed by atoms with Gasteiger partial charge >= 0.3 is 0 Å². The Labute approximate surface area is 163 Å². The van der Waals surface area contributed by atoms with Crippen LogP contribution in [-0.4, -0.2) is 14.8 Å². The van der Waals surface area contributed by atoms with E-state index in [0.29, 0.717) is 0 Å². The Balaban J connectivity index is 1.68. The monoisotopic (exact) mass is 381 g/mol. The van der Waals surface area contributed by atoms with Gasteiger partial charge in [0.25, 0.3) is 0 Å². The maximum atomic E-state index is 4.42. The highest BCUT2D eigenvalue weighted by Gasteiger charge is 2.12. The van der Waals surface area contributed by atoms with E-state index in [1.807, 2.05) is 6.08 Å². The predicted octanol–water partition coefficient (Wildman–Crippen LogP) is 5.67. The molecule has 0 bridgehead atoms. The Hall–Kier alpha value is -1.98. The van der Waals surface area contributed by atoms with Gasteiger partial charge in [0.2, 0.25) is 0 Å². The van der Waals surface area contributed by atoms with Crippen LogP contribution in [0.1, 0.15) is 22.5 Å². The van der Waals surface area contributed by atoms with Gasteiger partial charge in [0, 0.05) is 17.2 Å². The summed E-state index contributed by atoms with van der Waals surface area (Å²) in [5.74, 6) is 2.68. The molecular formula is C21H23N3S2. The van der Waals surface area contributed by atoms with E-state index in [-0.39, 0.29) is 0 Å². The molecule has 3 aromatic rings. The first-order chi connectivity index (χ1) is 12.7. The molecule has 0 spiro atoms. The summed E-state index contributed by atoms with van der Waals surface area (Å²) in [6, 6.07) is 17.2. The zero-order valence-electron chi connectivity index (χ0n) is 15.2. The van der Waals surface area contributed by atoms with Crippen LogP contribution >= 0.6 is 23.5 Å². The van der Waals surface area contributed by atoms with Crippen molar-refractivity contribution < 1.29 is 0 Å². The molecular weight excluding hydrogens is 358 g/mol. The molecule has 26 heavy (non-hydrogen) atoms. The molecule has 0 atom stereocenters. The van der Waals surface area contributed by atoms with E-state index in [9.17, 15) is 0 Å². The summed E-state index contributed by atoms with van der Waals surface area (Å²) >= 11 is 3.51. The molecule has 0 radical (unpaired) electrons. The van der Waals surface area contributed by atoms with Gasteiger partial charge in [0.05, 0.1) is 5.75 Å². The lowest BCUT2D eigenvalue weighted by atomic mass is 10.2. The van der Waals surface area contributed by atoms with Crippen LogP contribution < -0.4 is 0 Å². The number of aromatic nitrogens is 3. The number of hydrogen-bond acceptors (Lipinski definition) is 4. The number of hydrogen-bond donors (Lipinski definition) is 0. The topological polar surface area (TPSA) is 30.7 Å². The summed E-state index contributed by atoms with van der Waals surface area (Å²) in [6.45, 7) is 8.84. The maximum absolute atomic E-state index is 4.42. The molecule has 2 aromatic carbocycles. The van der Waals surface area contributed by atoms with Gasteiger partial charge in [-0.25, -0.2) is 0 Å². The fourth-order valence-corrected chi connectivity index (χ4v) is 4.32. The first-order valence-corrected chi connectivity index (χ1v) is 10.5. The van der Waals surface area contributed by atoms with Crippen LogP contribution in [0.4, 0.5) is 0 Å². The van der Waals surface area contributed by atoms with Crippen LogP contribution in [0.25, 0.3) is 0 Å². The van der Waals surface area contributed by atoms with Crippen molar-refractivity contribution in [3.05, 3.63) is 83.7 Å². The van der Waals surface area contributed by atoms with Crippen molar-refractivity contribution in [1.29, 1.82) is 0 Å². The Morgan fingerprint density at radius 2 is 1.77 bits per heavy atom. The number of benzene rings is 2. The molecule has 0 aliphatic heterocycles. The number of aryl methyl sites for hydroxylation is 2. The third-order valence-electron chi connectivity index (χ3n) is 3.94. The largest absolute Gasteiger partial charge is 0.301 e. The van der Waals surface area contributed by atoms with Crippen LogP contribution in [0.2, 0.25) is 0 Å². The van der Waals surface area contributed by atoms with Crippen molar-refractivity contribution in [3.63, 3.8) is 0 Å². The van der Waals surface area contributed by atoms with Crippen molar-refractivity contribution >= 4 is 23.5 Å². The highest BCUT2D eigenvalue weighted by atomic mass is 32.2. The Morgan fingerprint density at radius 3 is 2.50 bits per heavy atom. The van der Waals surface area contributed by atoms with Crippen molar-refractivity contribution in [2.24, 2.45) is 0 Å². The van der Waals surface area contributed by atoms with Gasteiger partial charge in [-0.2, -0.15) is 0 Å². The lowest BCUT2D eigenvalue weighted by molar-refractivity contribution is 0.700. The summed E-state index contributed by atoms with van der Waals surface area (Å²) in [5, 5.41) is 9.78. The zero-order chi connectivity index (χ0) is 18.4. The van der Waals surface area contributed by atoms with Gasteiger partial charge in [0.1, 0.15) is 5.82 Å². The summed E-state index contributed by atoms with van der Waals surface area (Å²) in [7, 11) is 0. The smallest absolute Gasteiger partial charge is 0.191 e. The molecule has 0 amide bonds. The highest BCUT2D eigenvalue weighted by molar-refractivity contribution is 7.98. The van der Waals surface area contributed by atoms with E-state index in [0.717, 1.165) is 29.0 Å². The van der Waals surface area contributed by atoms with E-state index in [2.05, 4.69) is 83.7 Å². The van der Waals surface area contributed by atoms with E-state index >= 15 is 0 Å². The van der Waals surface area contributed by atoms with Gasteiger partial charge in [-0.05, 0) is 31.5 Å². The third-order valence-corrected chi connectivity index (χ3v) is 5.99. The Kier molecular flexibility index (Phi) is 6.58. The molecule has 1 aromatic heterocycles. The quantitative estimate of drug-likeness (QED) is 0.372. The molecule has 3 rings (SSSR count). The van der Waals surface area contributed by atoms with Gasteiger partial charge < -0.3 is 4.57 Å². The second kappa shape index (κ2) is 9.10. The van der Waals surface area contributed by atoms with Crippen molar-refractivity contribution in [2.45, 2.75) is 41.9 Å². The predicted molar refractivity (Wildman–Crippen MR) is 112 cm³/mol. The number of rotatable bonds is 8. The molecule has 0 saturated heterocycles. The van der Waals surface area contributed by atoms with Crippen molar-refractivity contribution in [1.82, 2.24) is 14.8 Å². The van der Waals surface area contributed by atoms with Crippen LogP contribution in [-0.2, 0) is 18.1 Å². The molecule has 0 fully saturated rings. The number of thioether (sulfide) groups is 2. The van der Waals surface area contributed by atoms with Gasteiger partial charge in [0.15, 0.2) is 5.16 Å². The second-order valence-corrected chi connectivity index (χ2v) is 8.17. The molecule has 134 valence electrons. The molecule has 3 nitrogen and oxygen atoms in total. The van der Waals surface area contributed by atoms with Gasteiger partial charge in [-0.1, -0.05) is 65.4 Å². The highest BCUT2D eigenvalue weighted by Crippen LogP contribution is 2.26. The number of nitrogens with zero attached hydrogens (tertiary/aromatic N) is 3.